The van der Waals surface area contributed by atoms with Crippen LogP contribution in [-0.4, -0.2) is 19.9 Å². The van der Waals surface area contributed by atoms with Crippen molar-refractivity contribution >= 4 is 17.1 Å². The van der Waals surface area contributed by atoms with Crippen molar-refractivity contribution in [1.82, 2.24) is 19.9 Å². The minimum Gasteiger partial charge on any atom is -0.368 e. The van der Waals surface area contributed by atoms with Gasteiger partial charge < -0.3 is 5.73 Å². The maximum absolute atomic E-state index is 5.55. The summed E-state index contributed by atoms with van der Waals surface area (Å²) in [4.78, 5) is 16.9. The highest BCUT2D eigenvalue weighted by molar-refractivity contribution is 5.73. The molecule has 0 unspecified atom stereocenters. The molecule has 0 aliphatic heterocycles. The molecular weight excluding hydrogens is 202 g/mol. The SMILES string of the molecule is Cc1nc(N)nc2ncc(CC(C)C)nc12. The quantitative estimate of drug-likeness (QED) is 0.825. The Balaban J connectivity index is 2.53. The van der Waals surface area contributed by atoms with E-state index in [9.17, 15) is 0 Å². The molecule has 0 saturated carbocycles. The van der Waals surface area contributed by atoms with Gasteiger partial charge in [-0.25, -0.2) is 15.0 Å². The number of nitrogens with zero attached hydrogens (tertiary/aromatic N) is 4. The van der Waals surface area contributed by atoms with E-state index < -0.39 is 0 Å². The molecule has 0 aromatic carbocycles. The van der Waals surface area contributed by atoms with E-state index in [1.807, 2.05) is 6.92 Å². The Morgan fingerprint density at radius 1 is 1.25 bits per heavy atom. The fourth-order valence-electron chi connectivity index (χ4n) is 1.62. The molecule has 0 saturated heterocycles. The highest BCUT2D eigenvalue weighted by Crippen LogP contribution is 2.13. The van der Waals surface area contributed by atoms with Crippen molar-refractivity contribution in [2.45, 2.75) is 27.2 Å². The molecule has 16 heavy (non-hydrogen) atoms. The second-order valence-corrected chi connectivity index (χ2v) is 4.30. The molecule has 84 valence electrons. The van der Waals surface area contributed by atoms with Crippen LogP contribution in [0.15, 0.2) is 6.20 Å². The molecular formula is C11H15N5. The van der Waals surface area contributed by atoms with E-state index in [-0.39, 0.29) is 5.95 Å². The second-order valence-electron chi connectivity index (χ2n) is 4.30. The van der Waals surface area contributed by atoms with Gasteiger partial charge >= 0.3 is 0 Å². The molecule has 0 atom stereocenters. The number of anilines is 1. The number of rotatable bonds is 2. The Labute approximate surface area is 94.2 Å². The number of fused-ring (bicyclic) bond motifs is 1. The van der Waals surface area contributed by atoms with Gasteiger partial charge in [0.15, 0.2) is 5.65 Å². The molecule has 2 aromatic rings. The van der Waals surface area contributed by atoms with E-state index in [0.29, 0.717) is 11.6 Å². The third-order valence-electron chi connectivity index (χ3n) is 2.27. The third-order valence-corrected chi connectivity index (χ3v) is 2.27. The molecule has 2 heterocycles. The van der Waals surface area contributed by atoms with Gasteiger partial charge in [-0.15, -0.1) is 0 Å². The van der Waals surface area contributed by atoms with Crippen molar-refractivity contribution in [3.05, 3.63) is 17.6 Å². The minimum absolute atomic E-state index is 0.246. The van der Waals surface area contributed by atoms with Crippen LogP contribution in [0.3, 0.4) is 0 Å². The molecule has 0 radical (unpaired) electrons. The van der Waals surface area contributed by atoms with Gasteiger partial charge in [0.2, 0.25) is 5.95 Å². The molecule has 0 aliphatic carbocycles. The van der Waals surface area contributed by atoms with Crippen LogP contribution in [0.1, 0.15) is 25.2 Å². The fraction of sp³-hybridized carbons (Fsp3) is 0.455. The molecule has 5 nitrogen and oxygen atoms in total. The molecule has 2 N–H and O–H groups in total. The summed E-state index contributed by atoms with van der Waals surface area (Å²) in [5.41, 5.74) is 8.61. The largest absolute Gasteiger partial charge is 0.368 e. The van der Waals surface area contributed by atoms with Gasteiger partial charge in [-0.05, 0) is 19.3 Å². The lowest BCUT2D eigenvalue weighted by atomic mass is 10.1. The van der Waals surface area contributed by atoms with E-state index in [1.54, 1.807) is 6.20 Å². The first kappa shape index (κ1) is 10.7. The molecule has 5 heteroatoms. The van der Waals surface area contributed by atoms with E-state index in [2.05, 4.69) is 33.8 Å². The Hall–Kier alpha value is -1.78. The molecule has 2 aromatic heterocycles. The lowest BCUT2D eigenvalue weighted by Crippen LogP contribution is -2.04. The summed E-state index contributed by atoms with van der Waals surface area (Å²) in [5, 5.41) is 0. The van der Waals surface area contributed by atoms with Gasteiger partial charge in [0.05, 0.1) is 17.6 Å². The maximum Gasteiger partial charge on any atom is 0.222 e. The molecule has 0 aliphatic rings. The first-order valence-corrected chi connectivity index (χ1v) is 5.32. The first-order valence-electron chi connectivity index (χ1n) is 5.32. The molecule has 0 bridgehead atoms. The number of hydrogen-bond donors (Lipinski definition) is 1. The normalized spacial score (nSPS) is 11.2. The minimum atomic E-state index is 0.246. The number of nitrogen functional groups attached to an aromatic ring is 1. The third kappa shape index (κ3) is 2.08. The Morgan fingerprint density at radius 3 is 2.69 bits per heavy atom. The van der Waals surface area contributed by atoms with Crippen LogP contribution in [0.2, 0.25) is 0 Å². The van der Waals surface area contributed by atoms with Crippen LogP contribution in [0, 0.1) is 12.8 Å². The van der Waals surface area contributed by atoms with Gasteiger partial charge in [-0.2, -0.15) is 4.98 Å². The molecule has 0 spiro atoms. The zero-order valence-corrected chi connectivity index (χ0v) is 9.73. The first-order chi connectivity index (χ1) is 7.56. The van der Waals surface area contributed by atoms with Crippen molar-refractivity contribution in [1.29, 1.82) is 0 Å². The molecule has 2 rings (SSSR count). The predicted octanol–water partition coefficient (Wildman–Crippen LogP) is 1.51. The summed E-state index contributed by atoms with van der Waals surface area (Å²) in [7, 11) is 0. The molecule has 0 fully saturated rings. The van der Waals surface area contributed by atoms with Gasteiger partial charge in [-0.3, -0.25) is 0 Å². The smallest absolute Gasteiger partial charge is 0.222 e. The highest BCUT2D eigenvalue weighted by atomic mass is 15.0. The van der Waals surface area contributed by atoms with Crippen molar-refractivity contribution < 1.29 is 0 Å². The Bertz CT molecular complexity index is 521. The van der Waals surface area contributed by atoms with Gasteiger partial charge in [0.1, 0.15) is 5.52 Å². The number of aryl methyl sites for hydroxylation is 1. The molecule has 0 amide bonds. The van der Waals surface area contributed by atoms with Crippen LogP contribution >= 0.6 is 0 Å². The van der Waals surface area contributed by atoms with Crippen molar-refractivity contribution in [3.8, 4) is 0 Å². The second kappa shape index (κ2) is 4.00. The maximum atomic E-state index is 5.55. The van der Waals surface area contributed by atoms with Crippen LogP contribution in [-0.2, 0) is 6.42 Å². The summed E-state index contributed by atoms with van der Waals surface area (Å²) >= 11 is 0. The summed E-state index contributed by atoms with van der Waals surface area (Å²) in [6.45, 7) is 6.17. The van der Waals surface area contributed by atoms with Crippen molar-refractivity contribution in [2.24, 2.45) is 5.92 Å². The number of aromatic nitrogens is 4. The van der Waals surface area contributed by atoms with Crippen molar-refractivity contribution in [3.63, 3.8) is 0 Å². The standard InChI is InChI=1S/C11H15N5/c1-6(2)4-8-5-13-10-9(15-8)7(3)14-11(12)16-10/h5-6H,4H2,1-3H3,(H2,12,13,14,16). The summed E-state index contributed by atoms with van der Waals surface area (Å²) in [6.07, 6.45) is 2.67. The number of nitrogens with two attached hydrogens (primary N) is 1. The fourth-order valence-corrected chi connectivity index (χ4v) is 1.62. The van der Waals surface area contributed by atoms with Crippen molar-refractivity contribution in [2.75, 3.05) is 5.73 Å². The average molecular weight is 217 g/mol. The summed E-state index contributed by atoms with van der Waals surface area (Å²) in [6, 6.07) is 0. The zero-order chi connectivity index (χ0) is 11.7. The average Bonchev–Trinajstić information content (AvgIpc) is 2.18. The van der Waals surface area contributed by atoms with Crippen LogP contribution in [0.4, 0.5) is 5.95 Å². The van der Waals surface area contributed by atoms with Gasteiger partial charge in [0, 0.05) is 0 Å². The van der Waals surface area contributed by atoms with Gasteiger partial charge in [-0.1, -0.05) is 13.8 Å². The number of hydrogen-bond acceptors (Lipinski definition) is 5. The van der Waals surface area contributed by atoms with E-state index in [4.69, 9.17) is 5.73 Å². The van der Waals surface area contributed by atoms with Gasteiger partial charge in [0.25, 0.3) is 0 Å². The highest BCUT2D eigenvalue weighted by Gasteiger charge is 2.07. The zero-order valence-electron chi connectivity index (χ0n) is 9.73. The Morgan fingerprint density at radius 2 is 2.00 bits per heavy atom. The van der Waals surface area contributed by atoms with E-state index in [0.717, 1.165) is 23.3 Å². The van der Waals surface area contributed by atoms with Crippen LogP contribution in [0.5, 0.6) is 0 Å². The lowest BCUT2D eigenvalue weighted by molar-refractivity contribution is 0.635. The topological polar surface area (TPSA) is 77.6 Å². The van der Waals surface area contributed by atoms with Crippen LogP contribution < -0.4 is 5.73 Å². The van der Waals surface area contributed by atoms with E-state index >= 15 is 0 Å². The monoisotopic (exact) mass is 217 g/mol. The lowest BCUT2D eigenvalue weighted by Gasteiger charge is -2.06. The van der Waals surface area contributed by atoms with E-state index in [1.165, 1.54) is 0 Å². The predicted molar refractivity (Wildman–Crippen MR) is 62.8 cm³/mol. The summed E-state index contributed by atoms with van der Waals surface area (Å²) in [5.74, 6) is 0.803. The van der Waals surface area contributed by atoms with Crippen LogP contribution in [0.25, 0.3) is 11.2 Å². The Kier molecular flexibility index (Phi) is 2.68. The summed E-state index contributed by atoms with van der Waals surface area (Å²) < 4.78 is 0.